The van der Waals surface area contributed by atoms with Crippen LogP contribution in [0.5, 0.6) is 0 Å². The van der Waals surface area contributed by atoms with Crippen molar-refractivity contribution in [1.29, 1.82) is 0 Å². The Morgan fingerprint density at radius 1 is 1.16 bits per heavy atom. The summed E-state index contributed by atoms with van der Waals surface area (Å²) in [6, 6.07) is 7.93. The van der Waals surface area contributed by atoms with Gasteiger partial charge < -0.3 is 11.1 Å². The number of anilines is 2. The number of para-hydroxylation sites is 1. The van der Waals surface area contributed by atoms with E-state index in [9.17, 15) is 13.6 Å². The average molecular weight is 327 g/mol. The van der Waals surface area contributed by atoms with Crippen LogP contribution in [-0.2, 0) is 0 Å². The molecule has 0 atom stereocenters. The third kappa shape index (κ3) is 2.90. The maximum Gasteiger partial charge on any atom is 0.255 e. The summed E-state index contributed by atoms with van der Waals surface area (Å²) in [6.45, 7) is 0. The van der Waals surface area contributed by atoms with Crippen LogP contribution in [0.25, 0.3) is 0 Å². The third-order valence-electron chi connectivity index (χ3n) is 2.47. The Balaban J connectivity index is 2.28. The van der Waals surface area contributed by atoms with Gasteiger partial charge in [0.1, 0.15) is 17.3 Å². The molecule has 0 spiro atoms. The summed E-state index contributed by atoms with van der Waals surface area (Å²) in [5, 5.41) is 2.32. The van der Waals surface area contributed by atoms with Crippen molar-refractivity contribution in [2.75, 3.05) is 11.1 Å². The normalized spacial score (nSPS) is 10.3. The molecule has 0 saturated heterocycles. The van der Waals surface area contributed by atoms with Crippen molar-refractivity contribution in [2.24, 2.45) is 0 Å². The summed E-state index contributed by atoms with van der Waals surface area (Å²) in [4.78, 5) is 11.9. The van der Waals surface area contributed by atoms with Gasteiger partial charge in [-0.25, -0.2) is 8.78 Å². The molecule has 0 radical (unpaired) electrons. The second-order valence-corrected chi connectivity index (χ2v) is 4.64. The molecule has 3 N–H and O–H groups in total. The lowest BCUT2D eigenvalue weighted by atomic mass is 10.2. The van der Waals surface area contributed by atoms with Gasteiger partial charge in [-0.05, 0) is 46.3 Å². The molecule has 0 aromatic heterocycles. The monoisotopic (exact) mass is 326 g/mol. The second-order valence-electron chi connectivity index (χ2n) is 3.79. The van der Waals surface area contributed by atoms with Crippen molar-refractivity contribution >= 4 is 33.2 Å². The molecule has 98 valence electrons. The fraction of sp³-hybridized carbons (Fsp3) is 0. The number of amides is 1. The van der Waals surface area contributed by atoms with Gasteiger partial charge in [0.2, 0.25) is 0 Å². The van der Waals surface area contributed by atoms with Crippen LogP contribution in [0.4, 0.5) is 20.2 Å². The largest absolute Gasteiger partial charge is 0.397 e. The zero-order valence-corrected chi connectivity index (χ0v) is 11.2. The zero-order valence-electron chi connectivity index (χ0n) is 9.58. The standard InChI is InChI=1S/C13H9BrF2N2O/c14-8-5-4-7(6-10(8)16)13(19)18-12-9(15)2-1-3-11(12)17/h1-6H,17H2,(H,18,19). The number of hydrogen-bond acceptors (Lipinski definition) is 2. The van der Waals surface area contributed by atoms with Crippen molar-refractivity contribution in [3.8, 4) is 0 Å². The SMILES string of the molecule is Nc1cccc(F)c1NC(=O)c1ccc(Br)c(F)c1. The van der Waals surface area contributed by atoms with E-state index in [1.165, 1.54) is 30.3 Å². The first kappa shape index (κ1) is 13.5. The van der Waals surface area contributed by atoms with Gasteiger partial charge in [0, 0.05) is 5.56 Å². The average Bonchev–Trinajstić information content (AvgIpc) is 2.37. The number of halogens is 3. The van der Waals surface area contributed by atoms with E-state index < -0.39 is 17.5 Å². The number of nitrogens with one attached hydrogen (secondary N) is 1. The first-order chi connectivity index (χ1) is 8.99. The Hall–Kier alpha value is -1.95. The molecular weight excluding hydrogens is 318 g/mol. The molecule has 6 heteroatoms. The molecule has 0 aliphatic heterocycles. The Morgan fingerprint density at radius 3 is 2.53 bits per heavy atom. The Morgan fingerprint density at radius 2 is 1.89 bits per heavy atom. The Bertz CT molecular complexity index is 626. The summed E-state index contributed by atoms with van der Waals surface area (Å²) in [5.41, 5.74) is 5.63. The molecule has 0 saturated carbocycles. The quantitative estimate of drug-likeness (QED) is 0.829. The van der Waals surface area contributed by atoms with Crippen molar-refractivity contribution in [3.63, 3.8) is 0 Å². The van der Waals surface area contributed by atoms with E-state index in [4.69, 9.17) is 5.73 Å². The molecule has 0 aliphatic carbocycles. The molecular formula is C13H9BrF2N2O. The van der Waals surface area contributed by atoms with Crippen molar-refractivity contribution in [1.82, 2.24) is 0 Å². The molecule has 0 heterocycles. The van der Waals surface area contributed by atoms with E-state index in [1.54, 1.807) is 0 Å². The highest BCUT2D eigenvalue weighted by Crippen LogP contribution is 2.23. The van der Waals surface area contributed by atoms with Crippen LogP contribution in [0.1, 0.15) is 10.4 Å². The maximum absolute atomic E-state index is 13.5. The van der Waals surface area contributed by atoms with E-state index in [1.807, 2.05) is 0 Å². The maximum atomic E-state index is 13.5. The number of nitrogens with two attached hydrogens (primary N) is 1. The van der Waals surface area contributed by atoms with E-state index >= 15 is 0 Å². The van der Waals surface area contributed by atoms with Crippen LogP contribution in [0.3, 0.4) is 0 Å². The molecule has 2 rings (SSSR count). The number of carbonyl (C=O) groups is 1. The molecule has 0 bridgehead atoms. The van der Waals surface area contributed by atoms with Crippen molar-refractivity contribution in [2.45, 2.75) is 0 Å². The van der Waals surface area contributed by atoms with E-state index in [0.717, 1.165) is 6.07 Å². The molecule has 19 heavy (non-hydrogen) atoms. The summed E-state index contributed by atoms with van der Waals surface area (Å²) >= 11 is 2.98. The number of rotatable bonds is 2. The third-order valence-corrected chi connectivity index (χ3v) is 3.11. The topological polar surface area (TPSA) is 55.1 Å². The van der Waals surface area contributed by atoms with Crippen LogP contribution in [0.15, 0.2) is 40.9 Å². The molecule has 0 fully saturated rings. The minimum atomic E-state index is -0.647. The fourth-order valence-electron chi connectivity index (χ4n) is 1.50. The predicted octanol–water partition coefficient (Wildman–Crippen LogP) is 3.56. The number of benzene rings is 2. The molecule has 3 nitrogen and oxygen atoms in total. The highest BCUT2D eigenvalue weighted by Gasteiger charge is 2.13. The zero-order chi connectivity index (χ0) is 14.0. The highest BCUT2D eigenvalue weighted by atomic mass is 79.9. The summed E-state index contributed by atoms with van der Waals surface area (Å²) in [5.74, 6) is -1.86. The molecule has 0 unspecified atom stereocenters. The Kier molecular flexibility index (Phi) is 3.80. The molecule has 0 aliphatic rings. The lowest BCUT2D eigenvalue weighted by molar-refractivity contribution is 0.102. The van der Waals surface area contributed by atoms with Gasteiger partial charge in [0.25, 0.3) is 5.91 Å². The number of hydrogen-bond donors (Lipinski definition) is 2. The van der Waals surface area contributed by atoms with Crippen LogP contribution < -0.4 is 11.1 Å². The van der Waals surface area contributed by atoms with Crippen LogP contribution in [-0.4, -0.2) is 5.91 Å². The van der Waals surface area contributed by atoms with Crippen molar-refractivity contribution in [3.05, 3.63) is 58.1 Å². The predicted molar refractivity (Wildman–Crippen MR) is 72.9 cm³/mol. The van der Waals surface area contributed by atoms with E-state index in [2.05, 4.69) is 21.2 Å². The first-order valence-corrected chi connectivity index (χ1v) is 6.08. The Labute approximate surface area is 116 Å². The summed E-state index contributed by atoms with van der Waals surface area (Å²) in [6.07, 6.45) is 0. The van der Waals surface area contributed by atoms with Crippen LogP contribution in [0.2, 0.25) is 0 Å². The van der Waals surface area contributed by atoms with Gasteiger partial charge >= 0.3 is 0 Å². The van der Waals surface area contributed by atoms with Crippen LogP contribution in [0, 0.1) is 11.6 Å². The van der Waals surface area contributed by atoms with Gasteiger partial charge in [-0.15, -0.1) is 0 Å². The van der Waals surface area contributed by atoms with E-state index in [0.29, 0.717) is 0 Å². The minimum absolute atomic E-state index is 0.0725. The lowest BCUT2D eigenvalue weighted by Gasteiger charge is -2.09. The highest BCUT2D eigenvalue weighted by molar-refractivity contribution is 9.10. The molecule has 1 amide bonds. The molecule has 2 aromatic carbocycles. The van der Waals surface area contributed by atoms with Gasteiger partial charge in [0.15, 0.2) is 0 Å². The minimum Gasteiger partial charge on any atom is -0.397 e. The van der Waals surface area contributed by atoms with Gasteiger partial charge in [-0.3, -0.25) is 4.79 Å². The van der Waals surface area contributed by atoms with Gasteiger partial charge in [-0.1, -0.05) is 6.07 Å². The molecule has 2 aromatic rings. The number of nitrogen functional groups attached to an aromatic ring is 1. The fourth-order valence-corrected chi connectivity index (χ4v) is 1.74. The van der Waals surface area contributed by atoms with Crippen molar-refractivity contribution < 1.29 is 13.6 Å². The van der Waals surface area contributed by atoms with Gasteiger partial charge in [-0.2, -0.15) is 0 Å². The summed E-state index contributed by atoms with van der Waals surface area (Å²) < 4.78 is 27.0. The van der Waals surface area contributed by atoms with Gasteiger partial charge in [0.05, 0.1) is 10.2 Å². The summed E-state index contributed by atoms with van der Waals surface area (Å²) in [7, 11) is 0. The first-order valence-electron chi connectivity index (χ1n) is 5.29. The number of carbonyl (C=O) groups excluding carboxylic acids is 1. The lowest BCUT2D eigenvalue weighted by Crippen LogP contribution is -2.14. The smallest absolute Gasteiger partial charge is 0.255 e. The van der Waals surface area contributed by atoms with E-state index in [-0.39, 0.29) is 21.4 Å². The van der Waals surface area contributed by atoms with Crippen LogP contribution >= 0.6 is 15.9 Å². The second kappa shape index (κ2) is 5.36.